The molecular formula is C23H25N5O2. The van der Waals surface area contributed by atoms with Crippen molar-refractivity contribution in [3.05, 3.63) is 63.8 Å². The molecule has 1 aliphatic heterocycles. The van der Waals surface area contributed by atoms with E-state index in [9.17, 15) is 9.59 Å². The van der Waals surface area contributed by atoms with E-state index in [-0.39, 0.29) is 17.5 Å². The summed E-state index contributed by atoms with van der Waals surface area (Å²) >= 11 is 0. The molecule has 0 bridgehead atoms. The summed E-state index contributed by atoms with van der Waals surface area (Å²) in [4.78, 5) is 39.1. The number of hydrogen-bond acceptors (Lipinski definition) is 5. The zero-order valence-electron chi connectivity index (χ0n) is 16.9. The lowest BCUT2D eigenvalue weighted by Gasteiger charge is -2.35. The van der Waals surface area contributed by atoms with Crippen LogP contribution in [0.15, 0.2) is 41.5 Å². The van der Waals surface area contributed by atoms with Crippen molar-refractivity contribution in [1.29, 1.82) is 0 Å². The van der Waals surface area contributed by atoms with Crippen LogP contribution in [0.1, 0.15) is 47.3 Å². The van der Waals surface area contributed by atoms with Crippen LogP contribution in [-0.4, -0.2) is 40.0 Å². The zero-order valence-corrected chi connectivity index (χ0v) is 16.9. The average molecular weight is 403 g/mol. The molecule has 5 rings (SSSR count). The first-order valence-electron chi connectivity index (χ1n) is 10.7. The number of piperidine rings is 1. The molecule has 0 saturated carbocycles. The lowest BCUT2D eigenvalue weighted by molar-refractivity contribution is 0.0932. The van der Waals surface area contributed by atoms with E-state index in [0.29, 0.717) is 11.1 Å². The van der Waals surface area contributed by atoms with Gasteiger partial charge in [-0.25, -0.2) is 9.97 Å². The van der Waals surface area contributed by atoms with Crippen LogP contribution in [0.25, 0.3) is 10.9 Å². The minimum atomic E-state index is -0.262. The third kappa shape index (κ3) is 3.56. The number of rotatable bonds is 3. The predicted octanol–water partition coefficient (Wildman–Crippen LogP) is 2.60. The molecule has 1 aliphatic carbocycles. The number of nitrogens with zero attached hydrogens (tertiary/aromatic N) is 3. The molecule has 1 aromatic carbocycles. The number of carbonyl (C=O) groups is 1. The third-order valence-electron chi connectivity index (χ3n) is 6.23. The first-order chi connectivity index (χ1) is 14.7. The number of aromatic nitrogens is 3. The van der Waals surface area contributed by atoms with E-state index < -0.39 is 0 Å². The number of hydrogen-bond donors (Lipinski definition) is 2. The van der Waals surface area contributed by atoms with Gasteiger partial charge in [0.05, 0.1) is 5.56 Å². The molecular weight excluding hydrogens is 378 g/mol. The lowest BCUT2D eigenvalue weighted by atomic mass is 9.95. The van der Waals surface area contributed by atoms with Gasteiger partial charge in [0, 0.05) is 47.4 Å². The van der Waals surface area contributed by atoms with Crippen LogP contribution >= 0.6 is 0 Å². The van der Waals surface area contributed by atoms with E-state index in [0.717, 1.165) is 50.0 Å². The van der Waals surface area contributed by atoms with E-state index in [4.69, 9.17) is 0 Å². The highest BCUT2D eigenvalue weighted by Crippen LogP contribution is 2.29. The molecule has 7 heteroatoms. The van der Waals surface area contributed by atoms with Gasteiger partial charge in [-0.1, -0.05) is 18.2 Å². The largest absolute Gasteiger partial charge is 0.356 e. The average Bonchev–Trinajstić information content (AvgIpc) is 2.78. The van der Waals surface area contributed by atoms with Gasteiger partial charge in [0.25, 0.3) is 5.91 Å². The minimum absolute atomic E-state index is 0.0875. The third-order valence-corrected chi connectivity index (χ3v) is 6.23. The molecule has 2 aliphatic rings. The Morgan fingerprint density at radius 1 is 1.10 bits per heavy atom. The summed E-state index contributed by atoms with van der Waals surface area (Å²) in [6.45, 7) is 1.70. The summed E-state index contributed by atoms with van der Waals surface area (Å²) in [6, 6.07) is 8.87. The Hall–Kier alpha value is -3.22. The maximum absolute atomic E-state index is 12.9. The van der Waals surface area contributed by atoms with Crippen LogP contribution in [0.4, 0.5) is 5.82 Å². The Labute approximate surface area is 174 Å². The fraction of sp³-hybridized carbons (Fsp3) is 0.391. The molecule has 1 amide bonds. The summed E-state index contributed by atoms with van der Waals surface area (Å²) < 4.78 is 0. The molecule has 7 nitrogen and oxygen atoms in total. The predicted molar refractivity (Wildman–Crippen MR) is 116 cm³/mol. The molecule has 154 valence electrons. The fourth-order valence-corrected chi connectivity index (χ4v) is 4.67. The van der Waals surface area contributed by atoms with Crippen molar-refractivity contribution in [3.8, 4) is 0 Å². The van der Waals surface area contributed by atoms with Crippen molar-refractivity contribution in [2.24, 2.45) is 0 Å². The Morgan fingerprint density at radius 3 is 2.77 bits per heavy atom. The van der Waals surface area contributed by atoms with Crippen molar-refractivity contribution in [2.45, 2.75) is 44.6 Å². The number of fused-ring (bicyclic) bond motifs is 2. The summed E-state index contributed by atoms with van der Waals surface area (Å²) in [5.41, 5.74) is 3.35. The summed E-state index contributed by atoms with van der Waals surface area (Å²) in [5.74, 6) is 0.889. The summed E-state index contributed by atoms with van der Waals surface area (Å²) in [5, 5.41) is 3.90. The maximum atomic E-state index is 12.9. The number of anilines is 1. The van der Waals surface area contributed by atoms with Gasteiger partial charge in [0.15, 0.2) is 0 Å². The number of carbonyl (C=O) groups excluding carboxylic acids is 1. The quantitative estimate of drug-likeness (QED) is 0.701. The van der Waals surface area contributed by atoms with E-state index in [1.54, 1.807) is 6.33 Å². The Bertz CT molecular complexity index is 1150. The van der Waals surface area contributed by atoms with Crippen molar-refractivity contribution >= 4 is 22.6 Å². The van der Waals surface area contributed by atoms with Gasteiger partial charge in [-0.2, -0.15) is 0 Å². The molecule has 30 heavy (non-hydrogen) atoms. The van der Waals surface area contributed by atoms with Gasteiger partial charge < -0.3 is 15.2 Å². The number of amides is 1. The van der Waals surface area contributed by atoms with Crippen molar-refractivity contribution in [1.82, 2.24) is 20.3 Å². The van der Waals surface area contributed by atoms with E-state index in [1.807, 2.05) is 24.3 Å². The summed E-state index contributed by atoms with van der Waals surface area (Å²) in [7, 11) is 0. The van der Waals surface area contributed by atoms with Crippen molar-refractivity contribution in [2.75, 3.05) is 18.0 Å². The van der Waals surface area contributed by atoms with Gasteiger partial charge in [0.1, 0.15) is 12.1 Å². The number of aryl methyl sites for hydroxylation is 1. The highest BCUT2D eigenvalue weighted by atomic mass is 16.2. The number of aromatic amines is 1. The monoisotopic (exact) mass is 403 g/mol. The normalized spacial score (nSPS) is 17.0. The lowest BCUT2D eigenvalue weighted by Crippen LogP contribution is -2.45. The second kappa shape index (κ2) is 7.89. The van der Waals surface area contributed by atoms with Gasteiger partial charge in [-0.05, 0) is 44.6 Å². The molecule has 0 unspecified atom stereocenters. The van der Waals surface area contributed by atoms with Gasteiger partial charge in [0.2, 0.25) is 5.56 Å². The fourth-order valence-electron chi connectivity index (χ4n) is 4.67. The van der Waals surface area contributed by atoms with Crippen LogP contribution in [-0.2, 0) is 12.8 Å². The number of para-hydroxylation sites is 1. The second-order valence-electron chi connectivity index (χ2n) is 8.16. The second-order valence-corrected chi connectivity index (χ2v) is 8.16. The molecule has 0 spiro atoms. The van der Waals surface area contributed by atoms with Crippen LogP contribution in [0.5, 0.6) is 0 Å². The topological polar surface area (TPSA) is 91.0 Å². The number of benzene rings is 1. The number of H-pyrrole nitrogens is 1. The minimum Gasteiger partial charge on any atom is -0.356 e. The standard InChI is InChI=1S/C23H25N5O2/c29-21-13-18(16-5-1-4-8-20(16)27-21)23(30)26-15-9-11-28(12-10-15)22-17-6-2-3-7-19(17)24-14-25-22/h1,4-5,8,13-15H,2-3,6-7,9-12H2,(H,26,30)(H,27,29). The Kier molecular flexibility index (Phi) is 4.94. The Morgan fingerprint density at radius 2 is 1.90 bits per heavy atom. The molecule has 2 aromatic heterocycles. The zero-order chi connectivity index (χ0) is 20.5. The smallest absolute Gasteiger partial charge is 0.252 e. The van der Waals surface area contributed by atoms with Crippen LogP contribution in [0, 0.1) is 0 Å². The molecule has 3 heterocycles. The van der Waals surface area contributed by atoms with Gasteiger partial charge in [-0.3, -0.25) is 9.59 Å². The molecule has 2 N–H and O–H groups in total. The first-order valence-corrected chi connectivity index (χ1v) is 10.7. The van der Waals surface area contributed by atoms with Crippen molar-refractivity contribution in [3.63, 3.8) is 0 Å². The Balaban J connectivity index is 1.28. The number of nitrogens with one attached hydrogen (secondary N) is 2. The molecule has 1 saturated heterocycles. The van der Waals surface area contributed by atoms with Crippen LogP contribution < -0.4 is 15.8 Å². The van der Waals surface area contributed by atoms with Crippen LogP contribution in [0.2, 0.25) is 0 Å². The van der Waals surface area contributed by atoms with E-state index >= 15 is 0 Å². The van der Waals surface area contributed by atoms with E-state index in [2.05, 4.69) is 25.2 Å². The molecule has 3 aromatic rings. The summed E-state index contributed by atoms with van der Waals surface area (Å²) in [6.07, 6.45) is 7.89. The highest BCUT2D eigenvalue weighted by molar-refractivity contribution is 6.06. The first kappa shape index (κ1) is 18.8. The SMILES string of the molecule is O=C(NC1CCN(c2ncnc3c2CCCC3)CC1)c1cc(=O)[nH]c2ccccc12. The highest BCUT2D eigenvalue weighted by Gasteiger charge is 2.26. The van der Waals surface area contributed by atoms with Crippen molar-refractivity contribution < 1.29 is 4.79 Å². The number of pyridine rings is 1. The van der Waals surface area contributed by atoms with Crippen LogP contribution in [0.3, 0.4) is 0 Å². The van der Waals surface area contributed by atoms with Gasteiger partial charge >= 0.3 is 0 Å². The van der Waals surface area contributed by atoms with Gasteiger partial charge in [-0.15, -0.1) is 0 Å². The van der Waals surface area contributed by atoms with E-state index in [1.165, 1.54) is 30.2 Å². The maximum Gasteiger partial charge on any atom is 0.252 e. The molecule has 1 fully saturated rings. The molecule has 0 atom stereocenters. The molecule has 0 radical (unpaired) electrons.